The molecule has 204 valence electrons. The number of ketones is 1. The summed E-state index contributed by atoms with van der Waals surface area (Å²) in [5.74, 6) is -0.790. The second kappa shape index (κ2) is 8.77. The molecule has 0 aliphatic carbocycles. The molecule has 4 atom stereocenters. The SMILES string of the molecule is CCCOc1cccc(C(=O)[C@H]2[C@H]3CCCN3[C@]3(C(=O)Nc4c(C)cc(C)cc43)[C@]23C(=O)Nc2ccccc23)c1. The lowest BCUT2D eigenvalue weighted by atomic mass is 9.57. The third-order valence-electron chi connectivity index (χ3n) is 9.42. The molecule has 7 heteroatoms. The molecule has 0 aromatic heterocycles. The molecule has 0 unspecified atom stereocenters. The van der Waals surface area contributed by atoms with E-state index in [0.29, 0.717) is 35.7 Å². The van der Waals surface area contributed by atoms with Crippen molar-refractivity contribution in [3.05, 3.63) is 88.5 Å². The number of rotatable bonds is 5. The zero-order valence-electron chi connectivity index (χ0n) is 23.0. The van der Waals surface area contributed by atoms with Crippen LogP contribution in [0, 0.1) is 19.8 Å². The highest BCUT2D eigenvalue weighted by Crippen LogP contribution is 2.68. The molecule has 4 aliphatic heterocycles. The molecule has 0 radical (unpaired) electrons. The van der Waals surface area contributed by atoms with Crippen molar-refractivity contribution in [3.8, 4) is 5.75 Å². The molecular formula is C33H33N3O4. The molecule has 2 N–H and O–H groups in total. The lowest BCUT2D eigenvalue weighted by molar-refractivity contribution is -0.137. The summed E-state index contributed by atoms with van der Waals surface area (Å²) in [6.07, 6.45) is 2.44. The van der Waals surface area contributed by atoms with E-state index in [9.17, 15) is 14.4 Å². The highest BCUT2D eigenvalue weighted by atomic mass is 16.5. The third kappa shape index (κ3) is 2.96. The summed E-state index contributed by atoms with van der Waals surface area (Å²) in [5.41, 5.74) is 2.59. The Morgan fingerprint density at radius 3 is 2.65 bits per heavy atom. The van der Waals surface area contributed by atoms with Crippen LogP contribution >= 0.6 is 0 Å². The lowest BCUT2D eigenvalue weighted by Crippen LogP contribution is -2.62. The Kier molecular flexibility index (Phi) is 5.48. The number of nitrogens with zero attached hydrogens (tertiary/aromatic N) is 1. The minimum Gasteiger partial charge on any atom is -0.494 e. The van der Waals surface area contributed by atoms with Crippen LogP contribution in [0.1, 0.15) is 58.8 Å². The Morgan fingerprint density at radius 2 is 1.82 bits per heavy atom. The molecule has 0 saturated carbocycles. The molecule has 4 aliphatic rings. The Hall–Kier alpha value is -3.97. The first-order chi connectivity index (χ1) is 19.3. The first kappa shape index (κ1) is 25.0. The predicted molar refractivity (Wildman–Crippen MR) is 153 cm³/mol. The van der Waals surface area contributed by atoms with Gasteiger partial charge in [-0.1, -0.05) is 55.0 Å². The minimum absolute atomic E-state index is 0.131. The number of carbonyl (C=O) groups excluding carboxylic acids is 3. The summed E-state index contributed by atoms with van der Waals surface area (Å²) in [6.45, 7) is 7.22. The van der Waals surface area contributed by atoms with Crippen LogP contribution in [0.15, 0.2) is 60.7 Å². The Bertz CT molecular complexity index is 1600. The van der Waals surface area contributed by atoms with Crippen molar-refractivity contribution >= 4 is 29.0 Å². The molecule has 4 heterocycles. The number of anilines is 2. The molecule has 7 nitrogen and oxygen atoms in total. The average Bonchev–Trinajstić information content (AvgIpc) is 3.66. The number of hydrogen-bond donors (Lipinski definition) is 2. The van der Waals surface area contributed by atoms with E-state index in [1.165, 1.54) is 0 Å². The molecule has 3 aromatic carbocycles. The van der Waals surface area contributed by atoms with Gasteiger partial charge < -0.3 is 15.4 Å². The van der Waals surface area contributed by atoms with Gasteiger partial charge in [0.2, 0.25) is 5.91 Å². The van der Waals surface area contributed by atoms with E-state index in [-0.39, 0.29) is 23.6 Å². The van der Waals surface area contributed by atoms with E-state index in [1.54, 1.807) is 12.1 Å². The highest BCUT2D eigenvalue weighted by molar-refractivity contribution is 6.21. The average molecular weight is 536 g/mol. The van der Waals surface area contributed by atoms with Crippen LogP contribution in [0.25, 0.3) is 0 Å². The number of amides is 2. The van der Waals surface area contributed by atoms with Gasteiger partial charge >= 0.3 is 0 Å². The van der Waals surface area contributed by atoms with E-state index < -0.39 is 16.9 Å². The molecule has 2 spiro atoms. The van der Waals surface area contributed by atoms with Crippen LogP contribution in [0.4, 0.5) is 11.4 Å². The number of hydrogen-bond acceptors (Lipinski definition) is 5. The maximum Gasteiger partial charge on any atom is 0.251 e. The molecular weight excluding hydrogens is 502 g/mol. The van der Waals surface area contributed by atoms with Gasteiger partial charge in [-0.3, -0.25) is 19.3 Å². The first-order valence-corrected chi connectivity index (χ1v) is 14.2. The molecule has 2 amide bonds. The van der Waals surface area contributed by atoms with Gasteiger partial charge in [-0.05, 0) is 69.0 Å². The number of para-hydroxylation sites is 1. The molecule has 2 fully saturated rings. The van der Waals surface area contributed by atoms with Crippen molar-refractivity contribution in [2.75, 3.05) is 23.8 Å². The highest BCUT2D eigenvalue weighted by Gasteiger charge is 2.81. The smallest absolute Gasteiger partial charge is 0.251 e. The van der Waals surface area contributed by atoms with Crippen molar-refractivity contribution in [1.29, 1.82) is 0 Å². The van der Waals surface area contributed by atoms with Crippen molar-refractivity contribution < 1.29 is 19.1 Å². The van der Waals surface area contributed by atoms with E-state index >= 15 is 0 Å². The summed E-state index contributed by atoms with van der Waals surface area (Å²) in [6, 6.07) is 18.6. The van der Waals surface area contributed by atoms with Crippen LogP contribution in [0.3, 0.4) is 0 Å². The van der Waals surface area contributed by atoms with Gasteiger partial charge in [0.15, 0.2) is 5.78 Å². The van der Waals surface area contributed by atoms with E-state index in [1.807, 2.05) is 69.3 Å². The zero-order valence-corrected chi connectivity index (χ0v) is 23.0. The van der Waals surface area contributed by atoms with Crippen molar-refractivity contribution in [2.24, 2.45) is 5.92 Å². The second-order valence-corrected chi connectivity index (χ2v) is 11.6. The van der Waals surface area contributed by atoms with E-state index in [4.69, 9.17) is 4.74 Å². The van der Waals surface area contributed by atoms with Crippen molar-refractivity contribution in [3.63, 3.8) is 0 Å². The number of carbonyl (C=O) groups is 3. The van der Waals surface area contributed by atoms with Gasteiger partial charge in [0.25, 0.3) is 5.91 Å². The molecule has 3 aromatic rings. The second-order valence-electron chi connectivity index (χ2n) is 11.6. The summed E-state index contributed by atoms with van der Waals surface area (Å²) in [4.78, 5) is 46.2. The number of benzene rings is 3. The number of aryl methyl sites for hydroxylation is 2. The standard InChI is InChI=1S/C33H33N3O4/c1-4-15-40-22-10-7-9-21(18-22)29(37)27-26-13-8-14-36(26)33(24-17-19(2)16-20(3)28(24)35-31(33)39)32(27)23-11-5-6-12-25(23)34-30(32)38/h5-7,9-12,16-18,26-27H,4,8,13-15H2,1-3H3,(H,34,38)(H,35,39)/t26-,27-,32+,33-/m1/s1. The Labute approximate surface area is 233 Å². The number of nitrogens with one attached hydrogen (secondary N) is 2. The van der Waals surface area contributed by atoms with Gasteiger partial charge in [0.1, 0.15) is 16.7 Å². The van der Waals surface area contributed by atoms with Gasteiger partial charge in [-0.25, -0.2) is 0 Å². The van der Waals surface area contributed by atoms with Crippen LogP contribution in [-0.2, 0) is 20.5 Å². The number of fused-ring (bicyclic) bond motifs is 7. The Morgan fingerprint density at radius 1 is 1.00 bits per heavy atom. The maximum atomic E-state index is 14.8. The fourth-order valence-electron chi connectivity index (χ4n) is 8.17. The van der Waals surface area contributed by atoms with E-state index in [0.717, 1.165) is 41.6 Å². The largest absolute Gasteiger partial charge is 0.494 e. The number of Topliss-reactive ketones (excluding diaryl/α,β-unsaturated/α-hetero) is 1. The third-order valence-corrected chi connectivity index (χ3v) is 9.42. The molecule has 0 bridgehead atoms. The maximum absolute atomic E-state index is 14.8. The summed E-state index contributed by atoms with van der Waals surface area (Å²) in [5, 5.41) is 6.28. The van der Waals surface area contributed by atoms with Crippen molar-refractivity contribution in [2.45, 2.75) is 57.0 Å². The first-order valence-electron chi connectivity index (χ1n) is 14.2. The molecule has 2 saturated heterocycles. The van der Waals surface area contributed by atoms with Crippen LogP contribution in [-0.4, -0.2) is 41.7 Å². The quantitative estimate of drug-likeness (QED) is 0.444. The van der Waals surface area contributed by atoms with Crippen LogP contribution in [0.5, 0.6) is 5.75 Å². The van der Waals surface area contributed by atoms with Crippen LogP contribution < -0.4 is 15.4 Å². The normalized spacial score (nSPS) is 28.0. The van der Waals surface area contributed by atoms with Crippen molar-refractivity contribution in [1.82, 2.24) is 4.90 Å². The van der Waals surface area contributed by atoms with Gasteiger partial charge in [-0.15, -0.1) is 0 Å². The van der Waals surface area contributed by atoms with Gasteiger partial charge in [0.05, 0.1) is 12.5 Å². The van der Waals surface area contributed by atoms with E-state index in [2.05, 4.69) is 15.5 Å². The topological polar surface area (TPSA) is 87.7 Å². The fraction of sp³-hybridized carbons (Fsp3) is 0.364. The van der Waals surface area contributed by atoms with Gasteiger partial charge in [0, 0.05) is 28.5 Å². The monoisotopic (exact) mass is 535 g/mol. The summed E-state index contributed by atoms with van der Waals surface area (Å²) < 4.78 is 5.87. The number of ether oxygens (including phenoxy) is 1. The van der Waals surface area contributed by atoms with Gasteiger partial charge in [-0.2, -0.15) is 0 Å². The fourth-order valence-corrected chi connectivity index (χ4v) is 8.17. The molecule has 40 heavy (non-hydrogen) atoms. The van der Waals surface area contributed by atoms with Crippen LogP contribution in [0.2, 0.25) is 0 Å². The summed E-state index contributed by atoms with van der Waals surface area (Å²) in [7, 11) is 0. The zero-order chi connectivity index (χ0) is 27.8. The minimum atomic E-state index is -1.44. The molecule has 7 rings (SSSR count). The lowest BCUT2D eigenvalue weighted by Gasteiger charge is -2.43. The Balaban J connectivity index is 1.53. The summed E-state index contributed by atoms with van der Waals surface area (Å²) >= 11 is 0. The predicted octanol–water partition coefficient (Wildman–Crippen LogP) is 5.11.